The zero-order valence-corrected chi connectivity index (χ0v) is 9.20. The number of imidazole rings is 1. The summed E-state index contributed by atoms with van der Waals surface area (Å²) < 4.78 is 15.0. The topological polar surface area (TPSA) is 29.3 Å². The Morgan fingerprint density at radius 1 is 1.50 bits per heavy atom. The monoisotopic (exact) mass is 219 g/mol. The van der Waals surface area contributed by atoms with Crippen LogP contribution in [-0.4, -0.2) is 22.5 Å². The summed E-state index contributed by atoms with van der Waals surface area (Å²) in [6.45, 7) is 4.03. The summed E-state index contributed by atoms with van der Waals surface area (Å²) in [5, 5.41) is 3.33. The van der Waals surface area contributed by atoms with Crippen LogP contribution in [0.25, 0.3) is 5.65 Å². The Morgan fingerprint density at radius 3 is 3.12 bits per heavy atom. The summed E-state index contributed by atoms with van der Waals surface area (Å²) in [5.41, 5.74) is 3.00. The largest absolute Gasteiger partial charge is 0.316 e. The van der Waals surface area contributed by atoms with E-state index in [2.05, 4.69) is 10.3 Å². The SMILES string of the molecule is Cc1c(C2CCNC2)nc2ccc(F)cn12. The summed E-state index contributed by atoms with van der Waals surface area (Å²) in [6.07, 6.45) is 2.62. The lowest BCUT2D eigenvalue weighted by Crippen LogP contribution is -2.08. The third-order valence-corrected chi connectivity index (χ3v) is 3.30. The standard InChI is InChI=1S/C12H14FN3/c1-8-12(9-4-5-14-6-9)15-11-3-2-10(13)7-16(8)11/h2-3,7,9,14H,4-6H2,1H3. The maximum absolute atomic E-state index is 13.1. The first-order valence-corrected chi connectivity index (χ1v) is 5.60. The van der Waals surface area contributed by atoms with Gasteiger partial charge in [0.1, 0.15) is 11.5 Å². The van der Waals surface area contributed by atoms with Gasteiger partial charge in [0.15, 0.2) is 0 Å². The molecule has 0 bridgehead atoms. The van der Waals surface area contributed by atoms with Crippen molar-refractivity contribution in [2.45, 2.75) is 19.3 Å². The zero-order valence-electron chi connectivity index (χ0n) is 9.20. The van der Waals surface area contributed by atoms with E-state index in [1.807, 2.05) is 11.3 Å². The Labute approximate surface area is 93.3 Å². The van der Waals surface area contributed by atoms with Crippen molar-refractivity contribution < 1.29 is 4.39 Å². The number of halogens is 1. The minimum Gasteiger partial charge on any atom is -0.316 e. The fourth-order valence-electron chi connectivity index (χ4n) is 2.43. The molecule has 84 valence electrons. The third kappa shape index (κ3) is 1.41. The van der Waals surface area contributed by atoms with E-state index < -0.39 is 0 Å². The molecule has 1 atom stereocenters. The fraction of sp³-hybridized carbons (Fsp3) is 0.417. The number of hydrogen-bond acceptors (Lipinski definition) is 2. The minimum absolute atomic E-state index is 0.218. The van der Waals surface area contributed by atoms with Crippen molar-refractivity contribution in [3.05, 3.63) is 35.5 Å². The number of nitrogens with zero attached hydrogens (tertiary/aromatic N) is 2. The molecule has 0 spiro atoms. The lowest BCUT2D eigenvalue weighted by molar-refractivity contribution is 0.618. The Kier molecular flexibility index (Phi) is 2.17. The average molecular weight is 219 g/mol. The number of aryl methyl sites for hydroxylation is 1. The van der Waals surface area contributed by atoms with E-state index in [1.165, 1.54) is 12.3 Å². The number of nitrogens with one attached hydrogen (secondary N) is 1. The second kappa shape index (κ2) is 3.56. The van der Waals surface area contributed by atoms with E-state index in [4.69, 9.17) is 0 Å². The summed E-state index contributed by atoms with van der Waals surface area (Å²) in [6, 6.07) is 3.19. The van der Waals surface area contributed by atoms with Crippen LogP contribution in [0.1, 0.15) is 23.7 Å². The number of rotatable bonds is 1. The molecule has 0 amide bonds. The highest BCUT2D eigenvalue weighted by Crippen LogP contribution is 2.25. The summed E-state index contributed by atoms with van der Waals surface area (Å²) in [4.78, 5) is 4.59. The van der Waals surface area contributed by atoms with Crippen LogP contribution >= 0.6 is 0 Å². The molecule has 1 unspecified atom stereocenters. The molecule has 3 rings (SSSR count). The molecule has 3 nitrogen and oxygen atoms in total. The lowest BCUT2D eigenvalue weighted by atomic mass is 10.0. The first-order chi connectivity index (χ1) is 7.75. The van der Waals surface area contributed by atoms with Crippen molar-refractivity contribution in [2.75, 3.05) is 13.1 Å². The van der Waals surface area contributed by atoms with Crippen molar-refractivity contribution in [1.82, 2.24) is 14.7 Å². The third-order valence-electron chi connectivity index (χ3n) is 3.30. The smallest absolute Gasteiger partial charge is 0.139 e. The molecule has 1 fully saturated rings. The van der Waals surface area contributed by atoms with Gasteiger partial charge in [-0.25, -0.2) is 9.37 Å². The Morgan fingerprint density at radius 2 is 2.38 bits per heavy atom. The van der Waals surface area contributed by atoms with Gasteiger partial charge in [-0.3, -0.25) is 0 Å². The Balaban J connectivity index is 2.15. The molecule has 4 heteroatoms. The summed E-state index contributed by atoms with van der Waals surface area (Å²) in [5.74, 6) is 0.257. The van der Waals surface area contributed by atoms with Gasteiger partial charge in [0.2, 0.25) is 0 Å². The molecule has 0 aliphatic carbocycles. The van der Waals surface area contributed by atoms with Crippen LogP contribution in [-0.2, 0) is 0 Å². The predicted molar refractivity (Wildman–Crippen MR) is 60.1 cm³/mol. The minimum atomic E-state index is -0.218. The van der Waals surface area contributed by atoms with Crippen LogP contribution in [0, 0.1) is 12.7 Å². The van der Waals surface area contributed by atoms with E-state index in [1.54, 1.807) is 6.07 Å². The van der Waals surface area contributed by atoms with Gasteiger partial charge in [0, 0.05) is 24.4 Å². The maximum atomic E-state index is 13.1. The van der Waals surface area contributed by atoms with E-state index in [0.717, 1.165) is 36.5 Å². The molecule has 0 saturated carbocycles. The highest BCUT2D eigenvalue weighted by atomic mass is 19.1. The van der Waals surface area contributed by atoms with Gasteiger partial charge in [-0.2, -0.15) is 0 Å². The van der Waals surface area contributed by atoms with Crippen molar-refractivity contribution in [2.24, 2.45) is 0 Å². The van der Waals surface area contributed by atoms with Gasteiger partial charge < -0.3 is 9.72 Å². The molecule has 0 radical (unpaired) electrons. The molecule has 1 saturated heterocycles. The van der Waals surface area contributed by atoms with Gasteiger partial charge >= 0.3 is 0 Å². The summed E-state index contributed by atoms with van der Waals surface area (Å²) >= 11 is 0. The molecular formula is C12H14FN3. The predicted octanol–water partition coefficient (Wildman–Crippen LogP) is 1.86. The van der Waals surface area contributed by atoms with E-state index >= 15 is 0 Å². The van der Waals surface area contributed by atoms with Crippen molar-refractivity contribution in [1.29, 1.82) is 0 Å². The van der Waals surface area contributed by atoms with Gasteiger partial charge in [-0.1, -0.05) is 0 Å². The van der Waals surface area contributed by atoms with Crippen LogP contribution in [0.2, 0.25) is 0 Å². The van der Waals surface area contributed by atoms with Crippen molar-refractivity contribution >= 4 is 5.65 Å². The quantitative estimate of drug-likeness (QED) is 0.793. The fourth-order valence-corrected chi connectivity index (χ4v) is 2.43. The first-order valence-electron chi connectivity index (χ1n) is 5.60. The molecule has 1 aliphatic heterocycles. The van der Waals surface area contributed by atoms with Crippen molar-refractivity contribution in [3.8, 4) is 0 Å². The zero-order chi connectivity index (χ0) is 11.1. The number of aromatic nitrogens is 2. The van der Waals surface area contributed by atoms with Crippen LogP contribution in [0.5, 0.6) is 0 Å². The van der Waals surface area contributed by atoms with Crippen LogP contribution in [0.4, 0.5) is 4.39 Å². The van der Waals surface area contributed by atoms with Crippen molar-refractivity contribution in [3.63, 3.8) is 0 Å². The molecular weight excluding hydrogens is 205 g/mol. The average Bonchev–Trinajstić information content (AvgIpc) is 2.87. The Bertz CT molecular complexity index is 526. The van der Waals surface area contributed by atoms with Gasteiger partial charge in [0.25, 0.3) is 0 Å². The lowest BCUT2D eigenvalue weighted by Gasteiger charge is -2.05. The summed E-state index contributed by atoms with van der Waals surface area (Å²) in [7, 11) is 0. The number of pyridine rings is 1. The van der Waals surface area contributed by atoms with E-state index in [9.17, 15) is 4.39 Å². The Hall–Kier alpha value is -1.42. The number of hydrogen-bond donors (Lipinski definition) is 1. The molecule has 1 aliphatic rings. The second-order valence-corrected chi connectivity index (χ2v) is 4.35. The van der Waals surface area contributed by atoms with Crippen LogP contribution < -0.4 is 5.32 Å². The highest BCUT2D eigenvalue weighted by molar-refractivity contribution is 5.44. The van der Waals surface area contributed by atoms with E-state index in [0.29, 0.717) is 5.92 Å². The van der Waals surface area contributed by atoms with E-state index in [-0.39, 0.29) is 5.82 Å². The van der Waals surface area contributed by atoms with Gasteiger partial charge in [-0.15, -0.1) is 0 Å². The molecule has 2 aromatic heterocycles. The molecule has 16 heavy (non-hydrogen) atoms. The molecule has 0 aromatic carbocycles. The van der Waals surface area contributed by atoms with Crippen LogP contribution in [0.3, 0.4) is 0 Å². The maximum Gasteiger partial charge on any atom is 0.139 e. The normalized spacial score (nSPS) is 20.8. The van der Waals surface area contributed by atoms with Gasteiger partial charge in [-0.05, 0) is 32.0 Å². The molecule has 2 aromatic rings. The first kappa shape index (κ1) is 9.78. The van der Waals surface area contributed by atoms with Gasteiger partial charge in [0.05, 0.1) is 5.69 Å². The second-order valence-electron chi connectivity index (χ2n) is 4.35. The highest BCUT2D eigenvalue weighted by Gasteiger charge is 2.22. The molecule has 3 heterocycles. The number of fused-ring (bicyclic) bond motifs is 1. The van der Waals surface area contributed by atoms with Crippen LogP contribution in [0.15, 0.2) is 18.3 Å². The molecule has 1 N–H and O–H groups in total.